The van der Waals surface area contributed by atoms with Gasteiger partial charge < -0.3 is 4.74 Å². The maximum absolute atomic E-state index is 11.1. The third kappa shape index (κ3) is 5.38. The fourth-order valence-corrected chi connectivity index (χ4v) is 1.91. The van der Waals surface area contributed by atoms with E-state index in [1.165, 1.54) is 20.8 Å². The molecule has 0 heterocycles. The molecular weight excluding hydrogens is 270 g/mol. The normalized spacial score (nSPS) is 13.1. The van der Waals surface area contributed by atoms with Gasteiger partial charge in [-0.1, -0.05) is 42.5 Å². The Labute approximate surface area is 124 Å². The Morgan fingerprint density at radius 3 is 2.52 bits per heavy atom. The van der Waals surface area contributed by atoms with Gasteiger partial charge in [0.25, 0.3) is 5.54 Å². The molecule has 1 unspecified atom stereocenters. The van der Waals surface area contributed by atoms with Gasteiger partial charge in [-0.2, -0.15) is 0 Å². The summed E-state index contributed by atoms with van der Waals surface area (Å²) in [5, 5.41) is 11.1. The van der Waals surface area contributed by atoms with Gasteiger partial charge >= 0.3 is 5.97 Å². The molecule has 0 N–H and O–H groups in total. The van der Waals surface area contributed by atoms with Crippen LogP contribution in [0.3, 0.4) is 0 Å². The summed E-state index contributed by atoms with van der Waals surface area (Å²) in [4.78, 5) is 21.8. The maximum atomic E-state index is 11.1. The standard InChI is InChI=1S/C16H21NO4/c1-13(18)21-15(16(2,3)17(19)20)12-8-7-11-14-9-5-4-6-10-14/h4-7,9-11,15H,8,12H2,1-3H3/b11-7+. The number of nitrogens with zero attached hydrogens (tertiary/aromatic N) is 1. The van der Waals surface area contributed by atoms with Crippen molar-refractivity contribution in [1.29, 1.82) is 0 Å². The van der Waals surface area contributed by atoms with Gasteiger partial charge in [0.1, 0.15) is 0 Å². The molecule has 1 atom stereocenters. The van der Waals surface area contributed by atoms with Crippen molar-refractivity contribution in [2.24, 2.45) is 0 Å². The second-order valence-electron chi connectivity index (χ2n) is 5.40. The lowest BCUT2D eigenvalue weighted by Gasteiger charge is -2.25. The Morgan fingerprint density at radius 2 is 2.00 bits per heavy atom. The Hall–Kier alpha value is -2.17. The number of benzene rings is 1. The van der Waals surface area contributed by atoms with E-state index in [1.807, 2.05) is 42.5 Å². The van der Waals surface area contributed by atoms with Gasteiger partial charge in [0, 0.05) is 25.7 Å². The summed E-state index contributed by atoms with van der Waals surface area (Å²) < 4.78 is 5.11. The van der Waals surface area contributed by atoms with Crippen LogP contribution in [0.25, 0.3) is 6.08 Å². The van der Waals surface area contributed by atoms with Crippen molar-refractivity contribution in [2.45, 2.75) is 45.3 Å². The van der Waals surface area contributed by atoms with Gasteiger partial charge in [-0.15, -0.1) is 0 Å². The highest BCUT2D eigenvalue weighted by Crippen LogP contribution is 2.22. The van der Waals surface area contributed by atoms with Crippen LogP contribution in [0, 0.1) is 10.1 Å². The fraction of sp³-hybridized carbons (Fsp3) is 0.438. The summed E-state index contributed by atoms with van der Waals surface area (Å²) in [6.45, 7) is 4.21. The van der Waals surface area contributed by atoms with Gasteiger partial charge in [-0.05, 0) is 18.4 Å². The zero-order chi connectivity index (χ0) is 15.9. The van der Waals surface area contributed by atoms with Crippen LogP contribution in [0.1, 0.15) is 39.2 Å². The molecule has 1 rings (SSSR count). The third-order valence-corrected chi connectivity index (χ3v) is 3.27. The van der Waals surface area contributed by atoms with E-state index in [4.69, 9.17) is 4.74 Å². The van der Waals surface area contributed by atoms with Gasteiger partial charge in [-0.3, -0.25) is 14.9 Å². The largest absolute Gasteiger partial charge is 0.455 e. The zero-order valence-electron chi connectivity index (χ0n) is 12.6. The molecule has 0 aliphatic carbocycles. The Bertz CT molecular complexity index is 508. The molecule has 0 aliphatic heterocycles. The lowest BCUT2D eigenvalue weighted by Crippen LogP contribution is -2.46. The molecule has 21 heavy (non-hydrogen) atoms. The zero-order valence-corrected chi connectivity index (χ0v) is 12.6. The summed E-state index contributed by atoms with van der Waals surface area (Å²) in [5.41, 5.74) is -0.234. The predicted molar refractivity (Wildman–Crippen MR) is 81.3 cm³/mol. The molecule has 0 aromatic heterocycles. The summed E-state index contributed by atoms with van der Waals surface area (Å²) in [6.07, 6.45) is 4.15. The third-order valence-electron chi connectivity index (χ3n) is 3.27. The van der Waals surface area contributed by atoms with Crippen LogP contribution in [-0.4, -0.2) is 22.5 Å². The van der Waals surface area contributed by atoms with Gasteiger partial charge in [0.05, 0.1) is 0 Å². The molecule has 0 spiro atoms. The number of allylic oxidation sites excluding steroid dienone is 1. The molecule has 1 aromatic carbocycles. The van der Waals surface area contributed by atoms with Gasteiger partial charge in [-0.25, -0.2) is 0 Å². The second kappa shape index (κ2) is 7.57. The number of hydrogen-bond donors (Lipinski definition) is 0. The van der Waals surface area contributed by atoms with Crippen molar-refractivity contribution in [3.8, 4) is 0 Å². The molecule has 0 aliphatic rings. The van der Waals surface area contributed by atoms with E-state index in [1.54, 1.807) is 0 Å². The lowest BCUT2D eigenvalue weighted by molar-refractivity contribution is -0.573. The number of hydrogen-bond acceptors (Lipinski definition) is 4. The molecule has 0 saturated carbocycles. The monoisotopic (exact) mass is 291 g/mol. The summed E-state index contributed by atoms with van der Waals surface area (Å²) >= 11 is 0. The van der Waals surface area contributed by atoms with Crippen LogP contribution in [0.15, 0.2) is 36.4 Å². The van der Waals surface area contributed by atoms with Gasteiger partial charge in [0.2, 0.25) is 0 Å². The van der Waals surface area contributed by atoms with Crippen molar-refractivity contribution in [3.63, 3.8) is 0 Å². The first-order chi connectivity index (χ1) is 9.84. The second-order valence-corrected chi connectivity index (χ2v) is 5.40. The van der Waals surface area contributed by atoms with E-state index in [0.717, 1.165) is 5.56 Å². The number of carbonyl (C=O) groups excluding carboxylic acids is 1. The molecule has 0 saturated heterocycles. The molecule has 5 heteroatoms. The van der Waals surface area contributed by atoms with E-state index >= 15 is 0 Å². The van der Waals surface area contributed by atoms with Crippen molar-refractivity contribution in [1.82, 2.24) is 0 Å². The first-order valence-corrected chi connectivity index (χ1v) is 6.87. The summed E-state index contributed by atoms with van der Waals surface area (Å²) in [5.74, 6) is -0.498. The molecular formula is C16H21NO4. The van der Waals surface area contributed by atoms with E-state index < -0.39 is 22.5 Å². The summed E-state index contributed by atoms with van der Waals surface area (Å²) in [7, 11) is 0. The van der Waals surface area contributed by atoms with Crippen LogP contribution in [0.4, 0.5) is 0 Å². The lowest BCUT2D eigenvalue weighted by atomic mass is 9.94. The van der Waals surface area contributed by atoms with Crippen LogP contribution in [-0.2, 0) is 9.53 Å². The Kier molecular flexibility index (Phi) is 6.09. The topological polar surface area (TPSA) is 69.4 Å². The van der Waals surface area contributed by atoms with Crippen molar-refractivity contribution >= 4 is 12.0 Å². The highest BCUT2D eigenvalue weighted by Gasteiger charge is 2.42. The van der Waals surface area contributed by atoms with E-state index in [-0.39, 0.29) is 0 Å². The minimum absolute atomic E-state index is 0.401. The number of nitro groups is 1. The fourth-order valence-electron chi connectivity index (χ4n) is 1.91. The molecule has 1 aromatic rings. The minimum Gasteiger partial charge on any atom is -0.455 e. The van der Waals surface area contributed by atoms with Crippen LogP contribution >= 0.6 is 0 Å². The molecule has 114 valence electrons. The smallest absolute Gasteiger partial charge is 0.303 e. The number of rotatable bonds is 7. The first-order valence-electron chi connectivity index (χ1n) is 6.87. The van der Waals surface area contributed by atoms with Crippen LogP contribution in [0.2, 0.25) is 0 Å². The van der Waals surface area contributed by atoms with E-state index in [2.05, 4.69) is 0 Å². The SMILES string of the molecule is CC(=O)OC(CC/C=C/c1ccccc1)C(C)(C)[N+](=O)[O-]. The number of esters is 1. The molecule has 5 nitrogen and oxygen atoms in total. The highest BCUT2D eigenvalue weighted by molar-refractivity contribution is 5.66. The number of ether oxygens (including phenoxy) is 1. The molecule has 0 fully saturated rings. The highest BCUT2D eigenvalue weighted by atomic mass is 16.6. The van der Waals surface area contributed by atoms with Crippen LogP contribution < -0.4 is 0 Å². The van der Waals surface area contributed by atoms with Crippen molar-refractivity contribution in [3.05, 3.63) is 52.1 Å². The van der Waals surface area contributed by atoms with E-state index in [9.17, 15) is 14.9 Å². The quantitative estimate of drug-likeness (QED) is 0.438. The molecule has 0 amide bonds. The minimum atomic E-state index is -1.30. The van der Waals surface area contributed by atoms with Crippen molar-refractivity contribution in [2.75, 3.05) is 0 Å². The van der Waals surface area contributed by atoms with Gasteiger partial charge in [0.15, 0.2) is 6.10 Å². The first kappa shape index (κ1) is 16.9. The average Bonchev–Trinajstić information content (AvgIpc) is 2.42. The molecule has 0 radical (unpaired) electrons. The number of carbonyl (C=O) groups is 1. The Morgan fingerprint density at radius 1 is 1.38 bits per heavy atom. The molecule has 0 bridgehead atoms. The average molecular weight is 291 g/mol. The maximum Gasteiger partial charge on any atom is 0.303 e. The Balaban J connectivity index is 2.64. The van der Waals surface area contributed by atoms with Crippen LogP contribution in [0.5, 0.6) is 0 Å². The summed E-state index contributed by atoms with van der Waals surface area (Å²) in [6, 6.07) is 9.77. The predicted octanol–water partition coefficient (Wildman–Crippen LogP) is 3.47. The van der Waals surface area contributed by atoms with Crippen molar-refractivity contribution < 1.29 is 14.5 Å². The van der Waals surface area contributed by atoms with E-state index in [0.29, 0.717) is 12.8 Å².